The van der Waals surface area contributed by atoms with Gasteiger partial charge in [-0.05, 0) is 55.0 Å². The number of ether oxygens (including phenoxy) is 2. The van der Waals surface area contributed by atoms with Crippen LogP contribution in [0.2, 0.25) is 0 Å². The molecule has 144 valence electrons. The summed E-state index contributed by atoms with van der Waals surface area (Å²) < 4.78 is 10.7. The molecule has 0 bridgehead atoms. The predicted octanol–water partition coefficient (Wildman–Crippen LogP) is 2.86. The standard InChI is InChI=1S/C21H31NO4/c1-6-10-26-18-12-13(2)16-7-8-17(20(23)19(16)15(18)4)14(3)21(24)22-9-11-25-5/h6,12,14,17,20,23H,1,7-11H2,2-5H3,(H,22,24)/t14-,17-,20+/m0/s1. The van der Waals surface area contributed by atoms with Gasteiger partial charge in [0.15, 0.2) is 0 Å². The zero-order valence-electron chi connectivity index (χ0n) is 16.3. The molecule has 0 fully saturated rings. The van der Waals surface area contributed by atoms with Gasteiger partial charge in [-0.3, -0.25) is 4.79 Å². The molecule has 0 heterocycles. The summed E-state index contributed by atoms with van der Waals surface area (Å²) in [4.78, 5) is 12.4. The summed E-state index contributed by atoms with van der Waals surface area (Å²) in [5.41, 5.74) is 4.19. The molecule has 0 radical (unpaired) electrons. The Bertz CT molecular complexity index is 656. The van der Waals surface area contributed by atoms with E-state index in [2.05, 4.69) is 11.9 Å². The van der Waals surface area contributed by atoms with Gasteiger partial charge in [0.2, 0.25) is 5.91 Å². The number of nitrogens with one attached hydrogen (secondary N) is 1. The topological polar surface area (TPSA) is 67.8 Å². The molecule has 0 saturated carbocycles. The lowest BCUT2D eigenvalue weighted by Crippen LogP contribution is -2.38. The molecule has 26 heavy (non-hydrogen) atoms. The van der Waals surface area contributed by atoms with Crippen molar-refractivity contribution < 1.29 is 19.4 Å². The molecular formula is C21H31NO4. The molecule has 0 aromatic heterocycles. The second-order valence-corrected chi connectivity index (χ2v) is 7.03. The Hall–Kier alpha value is -1.85. The Labute approximate surface area is 156 Å². The zero-order valence-corrected chi connectivity index (χ0v) is 16.3. The first-order chi connectivity index (χ1) is 12.4. The smallest absolute Gasteiger partial charge is 0.223 e. The third-order valence-corrected chi connectivity index (χ3v) is 5.37. The highest BCUT2D eigenvalue weighted by atomic mass is 16.5. The van der Waals surface area contributed by atoms with Crippen molar-refractivity contribution in [3.8, 4) is 5.75 Å². The predicted molar refractivity (Wildman–Crippen MR) is 102 cm³/mol. The summed E-state index contributed by atoms with van der Waals surface area (Å²) in [6.45, 7) is 11.0. The van der Waals surface area contributed by atoms with Crippen LogP contribution < -0.4 is 10.1 Å². The Balaban J connectivity index is 2.25. The van der Waals surface area contributed by atoms with Gasteiger partial charge in [-0.1, -0.05) is 19.6 Å². The number of hydrogen-bond donors (Lipinski definition) is 2. The van der Waals surface area contributed by atoms with E-state index in [1.165, 1.54) is 5.56 Å². The summed E-state index contributed by atoms with van der Waals surface area (Å²) in [6, 6.07) is 2.03. The Morgan fingerprint density at radius 3 is 2.88 bits per heavy atom. The molecule has 0 saturated heterocycles. The number of hydrogen-bond acceptors (Lipinski definition) is 4. The average Bonchev–Trinajstić information content (AvgIpc) is 2.62. The number of aliphatic hydroxyl groups excluding tert-OH is 1. The van der Waals surface area contributed by atoms with E-state index in [1.807, 2.05) is 26.8 Å². The van der Waals surface area contributed by atoms with Crippen LogP contribution in [0, 0.1) is 25.7 Å². The van der Waals surface area contributed by atoms with Crippen LogP contribution >= 0.6 is 0 Å². The zero-order chi connectivity index (χ0) is 19.3. The number of rotatable bonds is 8. The minimum atomic E-state index is -0.673. The van der Waals surface area contributed by atoms with Gasteiger partial charge in [-0.2, -0.15) is 0 Å². The van der Waals surface area contributed by atoms with E-state index in [4.69, 9.17) is 9.47 Å². The van der Waals surface area contributed by atoms with E-state index in [0.717, 1.165) is 35.3 Å². The van der Waals surface area contributed by atoms with Crippen LogP contribution in [0.1, 0.15) is 41.7 Å². The lowest BCUT2D eigenvalue weighted by Gasteiger charge is -2.36. The Kier molecular flexibility index (Phi) is 7.23. The van der Waals surface area contributed by atoms with Gasteiger partial charge in [0.05, 0.1) is 12.7 Å². The molecule has 1 aliphatic carbocycles. The number of benzene rings is 1. The van der Waals surface area contributed by atoms with E-state index in [9.17, 15) is 9.90 Å². The van der Waals surface area contributed by atoms with Gasteiger partial charge in [0, 0.05) is 25.5 Å². The molecule has 2 N–H and O–H groups in total. The van der Waals surface area contributed by atoms with Crippen LogP contribution in [0.15, 0.2) is 18.7 Å². The fourth-order valence-corrected chi connectivity index (χ4v) is 3.83. The van der Waals surface area contributed by atoms with Gasteiger partial charge in [0.1, 0.15) is 12.4 Å². The molecule has 1 amide bonds. The maximum absolute atomic E-state index is 12.4. The van der Waals surface area contributed by atoms with Crippen molar-refractivity contribution in [1.82, 2.24) is 5.32 Å². The highest BCUT2D eigenvalue weighted by Gasteiger charge is 2.37. The van der Waals surface area contributed by atoms with Crippen molar-refractivity contribution >= 4 is 5.91 Å². The molecule has 1 aromatic rings. The molecule has 0 spiro atoms. The van der Waals surface area contributed by atoms with Gasteiger partial charge >= 0.3 is 0 Å². The second kappa shape index (κ2) is 9.19. The Morgan fingerprint density at radius 2 is 2.23 bits per heavy atom. The lowest BCUT2D eigenvalue weighted by atomic mass is 9.72. The van der Waals surface area contributed by atoms with Crippen LogP contribution in [0.3, 0.4) is 0 Å². The maximum Gasteiger partial charge on any atom is 0.223 e. The van der Waals surface area contributed by atoms with Gasteiger partial charge < -0.3 is 19.9 Å². The average molecular weight is 361 g/mol. The van der Waals surface area contributed by atoms with Gasteiger partial charge in [-0.25, -0.2) is 0 Å². The van der Waals surface area contributed by atoms with Crippen molar-refractivity contribution in [3.63, 3.8) is 0 Å². The maximum atomic E-state index is 12.4. The molecule has 3 atom stereocenters. The quantitative estimate of drug-likeness (QED) is 0.552. The third-order valence-electron chi connectivity index (χ3n) is 5.37. The summed E-state index contributed by atoms with van der Waals surface area (Å²) in [5.74, 6) is 0.353. The summed E-state index contributed by atoms with van der Waals surface area (Å²) in [5, 5.41) is 14.0. The number of amides is 1. The highest BCUT2D eigenvalue weighted by molar-refractivity contribution is 5.78. The minimum absolute atomic E-state index is 0.0389. The number of carbonyl (C=O) groups is 1. The first-order valence-corrected chi connectivity index (χ1v) is 9.23. The summed E-state index contributed by atoms with van der Waals surface area (Å²) in [6.07, 6.45) is 2.69. The number of aryl methyl sites for hydroxylation is 1. The van der Waals surface area contributed by atoms with Crippen LogP contribution in [0.4, 0.5) is 0 Å². The molecule has 1 aromatic carbocycles. The van der Waals surface area contributed by atoms with E-state index < -0.39 is 6.10 Å². The third kappa shape index (κ3) is 4.27. The largest absolute Gasteiger partial charge is 0.489 e. The van der Waals surface area contributed by atoms with Gasteiger partial charge in [0.25, 0.3) is 0 Å². The van der Waals surface area contributed by atoms with Crippen molar-refractivity contribution in [3.05, 3.63) is 41.0 Å². The van der Waals surface area contributed by atoms with Gasteiger partial charge in [-0.15, -0.1) is 0 Å². The number of carbonyl (C=O) groups excluding carboxylic acids is 1. The molecule has 2 rings (SSSR count). The second-order valence-electron chi connectivity index (χ2n) is 7.03. The lowest BCUT2D eigenvalue weighted by molar-refractivity contribution is -0.128. The molecular weight excluding hydrogens is 330 g/mol. The van der Waals surface area contributed by atoms with Crippen molar-refractivity contribution in [2.24, 2.45) is 11.8 Å². The Morgan fingerprint density at radius 1 is 1.50 bits per heavy atom. The van der Waals surface area contributed by atoms with Crippen molar-refractivity contribution in [2.75, 3.05) is 26.9 Å². The van der Waals surface area contributed by atoms with Crippen molar-refractivity contribution in [2.45, 2.75) is 39.7 Å². The van der Waals surface area contributed by atoms with E-state index in [1.54, 1.807) is 13.2 Å². The molecule has 1 aliphatic rings. The van der Waals surface area contributed by atoms with Crippen LogP contribution in [-0.4, -0.2) is 37.9 Å². The molecule has 0 unspecified atom stereocenters. The van der Waals surface area contributed by atoms with Crippen LogP contribution in [-0.2, 0) is 16.0 Å². The monoisotopic (exact) mass is 361 g/mol. The number of fused-ring (bicyclic) bond motifs is 1. The van der Waals surface area contributed by atoms with Crippen LogP contribution in [0.25, 0.3) is 0 Å². The first-order valence-electron chi connectivity index (χ1n) is 9.23. The van der Waals surface area contributed by atoms with E-state index in [-0.39, 0.29) is 17.7 Å². The summed E-state index contributed by atoms with van der Waals surface area (Å²) >= 11 is 0. The highest BCUT2D eigenvalue weighted by Crippen LogP contribution is 2.43. The molecule has 5 heteroatoms. The van der Waals surface area contributed by atoms with Crippen LogP contribution in [0.5, 0.6) is 5.75 Å². The van der Waals surface area contributed by atoms with E-state index >= 15 is 0 Å². The minimum Gasteiger partial charge on any atom is -0.489 e. The number of methoxy groups -OCH3 is 1. The first kappa shape index (κ1) is 20.5. The fraction of sp³-hybridized carbons (Fsp3) is 0.571. The molecule has 5 nitrogen and oxygen atoms in total. The molecule has 0 aliphatic heterocycles. The van der Waals surface area contributed by atoms with Crippen molar-refractivity contribution in [1.29, 1.82) is 0 Å². The number of aliphatic hydroxyl groups is 1. The normalized spacial score (nSPS) is 20.2. The summed E-state index contributed by atoms with van der Waals surface area (Å²) in [7, 11) is 1.61. The fourth-order valence-electron chi connectivity index (χ4n) is 3.83. The van der Waals surface area contributed by atoms with E-state index in [0.29, 0.717) is 19.8 Å². The SMILES string of the molecule is C=CCOc1cc(C)c2c(c1C)[C@H](O)[C@H]([C@H](C)C(=O)NCCOC)CC2.